The van der Waals surface area contributed by atoms with E-state index < -0.39 is 10.9 Å². The van der Waals surface area contributed by atoms with Gasteiger partial charge in [0, 0.05) is 37.1 Å². The number of aryl methyl sites for hydroxylation is 1. The van der Waals surface area contributed by atoms with Gasteiger partial charge >= 0.3 is 5.97 Å². The molecule has 1 heterocycles. The fourth-order valence-electron chi connectivity index (χ4n) is 1.73. The summed E-state index contributed by atoms with van der Waals surface area (Å²) in [5, 5.41) is 10.9. The number of hydrogen-bond donors (Lipinski definition) is 0. The highest BCUT2D eigenvalue weighted by Gasteiger charge is 2.17. The van der Waals surface area contributed by atoms with Crippen molar-refractivity contribution >= 4 is 11.7 Å². The summed E-state index contributed by atoms with van der Waals surface area (Å²) in [4.78, 5) is 26.0. The van der Waals surface area contributed by atoms with Crippen LogP contribution in [0.4, 0.5) is 5.69 Å². The molecule has 98 valence electrons. The Morgan fingerprint density at radius 3 is 2.68 bits per heavy atom. The molecule has 2 aromatic rings. The number of aromatic nitrogens is 2. The predicted molar refractivity (Wildman–Crippen MR) is 66.6 cm³/mol. The fraction of sp³-hybridized carbons (Fsp3) is 0.167. The first-order chi connectivity index (χ1) is 9.02. The normalized spacial score (nSPS) is 10.2. The molecule has 0 bridgehead atoms. The van der Waals surface area contributed by atoms with Crippen LogP contribution in [0.3, 0.4) is 0 Å². The summed E-state index contributed by atoms with van der Waals surface area (Å²) in [7, 11) is 2.99. The van der Waals surface area contributed by atoms with E-state index in [4.69, 9.17) is 0 Å². The van der Waals surface area contributed by atoms with Crippen molar-refractivity contribution in [2.24, 2.45) is 7.05 Å². The number of nitro benzene ring substituents is 1. The van der Waals surface area contributed by atoms with Crippen LogP contribution in [0.25, 0.3) is 11.4 Å². The molecule has 7 nitrogen and oxygen atoms in total. The zero-order valence-electron chi connectivity index (χ0n) is 10.4. The predicted octanol–water partition coefficient (Wildman–Crippen LogP) is 1.78. The minimum Gasteiger partial charge on any atom is -0.465 e. The summed E-state index contributed by atoms with van der Waals surface area (Å²) < 4.78 is 6.29. The van der Waals surface area contributed by atoms with Gasteiger partial charge in [0.2, 0.25) is 0 Å². The Morgan fingerprint density at radius 2 is 2.16 bits per heavy atom. The first-order valence-corrected chi connectivity index (χ1v) is 5.38. The number of nitro groups is 1. The first-order valence-electron chi connectivity index (χ1n) is 5.38. The molecule has 0 saturated carbocycles. The van der Waals surface area contributed by atoms with E-state index in [1.54, 1.807) is 24.0 Å². The number of imidazole rings is 1. The highest BCUT2D eigenvalue weighted by molar-refractivity contribution is 5.91. The lowest BCUT2D eigenvalue weighted by molar-refractivity contribution is -0.384. The smallest absolute Gasteiger partial charge is 0.338 e. The maximum absolute atomic E-state index is 11.5. The molecular formula is C12H11N3O4. The largest absolute Gasteiger partial charge is 0.465 e. The van der Waals surface area contributed by atoms with E-state index in [0.717, 1.165) is 0 Å². The van der Waals surface area contributed by atoms with Crippen LogP contribution in [-0.4, -0.2) is 27.6 Å². The summed E-state index contributed by atoms with van der Waals surface area (Å²) in [5.74, 6) is -0.0898. The van der Waals surface area contributed by atoms with Crippen molar-refractivity contribution in [3.63, 3.8) is 0 Å². The van der Waals surface area contributed by atoms with Crippen LogP contribution >= 0.6 is 0 Å². The Balaban J connectivity index is 2.61. The molecule has 2 rings (SSSR count). The van der Waals surface area contributed by atoms with Gasteiger partial charge in [0.15, 0.2) is 0 Å². The van der Waals surface area contributed by atoms with Crippen LogP contribution in [0.15, 0.2) is 30.6 Å². The third kappa shape index (κ3) is 2.44. The van der Waals surface area contributed by atoms with Gasteiger partial charge in [-0.2, -0.15) is 0 Å². The molecule has 7 heteroatoms. The Bertz CT molecular complexity index is 648. The number of benzene rings is 1. The van der Waals surface area contributed by atoms with Crippen molar-refractivity contribution in [1.82, 2.24) is 9.55 Å². The zero-order valence-corrected chi connectivity index (χ0v) is 10.4. The Labute approximate surface area is 108 Å². The van der Waals surface area contributed by atoms with Gasteiger partial charge in [0.25, 0.3) is 5.69 Å². The van der Waals surface area contributed by atoms with Crippen molar-refractivity contribution in [1.29, 1.82) is 0 Å². The number of methoxy groups -OCH3 is 1. The molecule has 1 aromatic heterocycles. The van der Waals surface area contributed by atoms with Crippen LogP contribution < -0.4 is 0 Å². The van der Waals surface area contributed by atoms with Crippen molar-refractivity contribution < 1.29 is 14.5 Å². The number of esters is 1. The molecule has 0 fully saturated rings. The number of rotatable bonds is 3. The molecule has 0 saturated heterocycles. The highest BCUT2D eigenvalue weighted by Crippen LogP contribution is 2.25. The van der Waals surface area contributed by atoms with Crippen LogP contribution in [0, 0.1) is 10.1 Å². The lowest BCUT2D eigenvalue weighted by Crippen LogP contribution is -2.03. The summed E-state index contributed by atoms with van der Waals surface area (Å²) in [6.45, 7) is 0. The third-order valence-corrected chi connectivity index (χ3v) is 2.63. The van der Waals surface area contributed by atoms with Gasteiger partial charge in [0.1, 0.15) is 5.82 Å². The zero-order chi connectivity index (χ0) is 14.0. The number of hydrogen-bond acceptors (Lipinski definition) is 5. The summed E-state index contributed by atoms with van der Waals surface area (Å²) in [6, 6.07) is 4.06. The lowest BCUT2D eigenvalue weighted by Gasteiger charge is -2.05. The van der Waals surface area contributed by atoms with Gasteiger partial charge in [-0.05, 0) is 6.07 Å². The Kier molecular flexibility index (Phi) is 3.28. The standard InChI is InChI=1S/C12H11N3O4/c1-14-4-3-13-11(14)8-5-9(12(16)19-2)7-10(6-8)15(17)18/h3-7H,1-2H3. The topological polar surface area (TPSA) is 87.3 Å². The molecular weight excluding hydrogens is 250 g/mol. The number of carbonyl (C=O) groups excluding carboxylic acids is 1. The van der Waals surface area contributed by atoms with Crippen LogP contribution in [0.5, 0.6) is 0 Å². The van der Waals surface area contributed by atoms with Gasteiger partial charge in [-0.1, -0.05) is 0 Å². The van der Waals surface area contributed by atoms with E-state index >= 15 is 0 Å². The Hall–Kier alpha value is -2.70. The summed E-state index contributed by atoms with van der Waals surface area (Å²) >= 11 is 0. The fourth-order valence-corrected chi connectivity index (χ4v) is 1.73. The molecule has 0 atom stereocenters. The maximum Gasteiger partial charge on any atom is 0.338 e. The molecule has 0 aliphatic carbocycles. The Morgan fingerprint density at radius 1 is 1.42 bits per heavy atom. The minimum absolute atomic E-state index is 0.120. The number of carbonyl (C=O) groups is 1. The van der Waals surface area contributed by atoms with Gasteiger partial charge < -0.3 is 9.30 Å². The average Bonchev–Trinajstić information content (AvgIpc) is 2.83. The van der Waals surface area contributed by atoms with Crippen LogP contribution in [0.1, 0.15) is 10.4 Å². The maximum atomic E-state index is 11.5. The summed E-state index contributed by atoms with van der Waals surface area (Å²) in [5.41, 5.74) is 0.428. The molecule has 0 aliphatic rings. The van der Waals surface area contributed by atoms with Gasteiger partial charge in [-0.3, -0.25) is 10.1 Å². The third-order valence-electron chi connectivity index (χ3n) is 2.63. The van der Waals surface area contributed by atoms with Crippen molar-refractivity contribution in [3.8, 4) is 11.4 Å². The van der Waals surface area contributed by atoms with E-state index in [-0.39, 0.29) is 11.3 Å². The van der Waals surface area contributed by atoms with E-state index in [1.807, 2.05) is 0 Å². The van der Waals surface area contributed by atoms with Crippen molar-refractivity contribution in [3.05, 3.63) is 46.3 Å². The minimum atomic E-state index is -0.626. The molecule has 0 amide bonds. The molecule has 1 aromatic carbocycles. The van der Waals surface area contributed by atoms with E-state index in [9.17, 15) is 14.9 Å². The van der Waals surface area contributed by atoms with Crippen molar-refractivity contribution in [2.75, 3.05) is 7.11 Å². The van der Waals surface area contributed by atoms with Crippen LogP contribution in [-0.2, 0) is 11.8 Å². The number of non-ortho nitro benzene ring substituents is 1. The van der Waals surface area contributed by atoms with Gasteiger partial charge in [-0.25, -0.2) is 9.78 Å². The van der Waals surface area contributed by atoms with E-state index in [1.165, 1.54) is 25.3 Å². The molecule has 0 aliphatic heterocycles. The second-order valence-corrected chi connectivity index (χ2v) is 3.88. The first kappa shape index (κ1) is 12.7. The van der Waals surface area contributed by atoms with E-state index in [2.05, 4.69) is 9.72 Å². The van der Waals surface area contributed by atoms with Crippen molar-refractivity contribution in [2.45, 2.75) is 0 Å². The monoisotopic (exact) mass is 261 g/mol. The number of ether oxygens (including phenoxy) is 1. The quantitative estimate of drug-likeness (QED) is 0.477. The molecule has 0 unspecified atom stereocenters. The van der Waals surface area contributed by atoms with Gasteiger partial charge in [-0.15, -0.1) is 0 Å². The van der Waals surface area contributed by atoms with Crippen LogP contribution in [0.2, 0.25) is 0 Å². The second kappa shape index (κ2) is 4.89. The average molecular weight is 261 g/mol. The highest BCUT2D eigenvalue weighted by atomic mass is 16.6. The molecule has 19 heavy (non-hydrogen) atoms. The summed E-state index contributed by atoms with van der Waals surface area (Å²) in [6.07, 6.45) is 3.29. The molecule has 0 N–H and O–H groups in total. The lowest BCUT2D eigenvalue weighted by atomic mass is 10.1. The number of nitrogens with zero attached hydrogens (tertiary/aromatic N) is 3. The van der Waals surface area contributed by atoms with E-state index in [0.29, 0.717) is 11.4 Å². The SMILES string of the molecule is COC(=O)c1cc(-c2nccn2C)cc([N+](=O)[O-])c1. The van der Waals surface area contributed by atoms with Gasteiger partial charge in [0.05, 0.1) is 17.6 Å². The molecule has 0 spiro atoms. The molecule has 0 radical (unpaired) electrons. The second-order valence-electron chi connectivity index (χ2n) is 3.88.